The Balaban J connectivity index is 2.40. The Bertz CT molecular complexity index is 768. The van der Waals surface area contributed by atoms with Gasteiger partial charge in [-0.2, -0.15) is 0 Å². The van der Waals surface area contributed by atoms with Gasteiger partial charge < -0.3 is 9.30 Å². The molecule has 0 fully saturated rings. The molecule has 0 radical (unpaired) electrons. The quantitative estimate of drug-likeness (QED) is 0.280. The van der Waals surface area contributed by atoms with Gasteiger partial charge in [0.2, 0.25) is 0 Å². The van der Waals surface area contributed by atoms with Crippen LogP contribution in [0.1, 0.15) is 18.3 Å². The van der Waals surface area contributed by atoms with Crippen LogP contribution in [0, 0.1) is 17.0 Å². The predicted molar refractivity (Wildman–Crippen MR) is 102 cm³/mol. The van der Waals surface area contributed by atoms with Crippen molar-refractivity contribution in [3.63, 3.8) is 0 Å². The number of ether oxygens (including phenoxy) is 1. The molecule has 0 aliphatic carbocycles. The van der Waals surface area contributed by atoms with Gasteiger partial charge >= 0.3 is 5.69 Å². The van der Waals surface area contributed by atoms with Crippen LogP contribution in [0.3, 0.4) is 0 Å². The van der Waals surface area contributed by atoms with Gasteiger partial charge in [-0.3, -0.25) is 10.1 Å². The molecule has 0 atom stereocenters. The molecule has 1 aromatic carbocycles. The standard InChI is InChI=1S/C16H24BrN3O3Si/c1-6-14-18-15-13(9-12(17)11(2)16(15)20(21)22)19(14)10-23-7-8-24(3,4)5/h9H,6-8,10H2,1-5H3. The largest absolute Gasteiger partial charge is 0.361 e. The number of nitro benzene ring substituents is 1. The molecule has 1 heterocycles. The average molecular weight is 414 g/mol. The molecular formula is C16H24BrN3O3Si. The first-order chi connectivity index (χ1) is 11.2. The minimum absolute atomic E-state index is 0.0647. The summed E-state index contributed by atoms with van der Waals surface area (Å²) in [5, 5.41) is 11.5. The lowest BCUT2D eigenvalue weighted by molar-refractivity contribution is -0.383. The molecule has 0 aliphatic rings. The smallest absolute Gasteiger partial charge is 0.301 e. The summed E-state index contributed by atoms with van der Waals surface area (Å²) in [6.45, 7) is 11.7. The minimum Gasteiger partial charge on any atom is -0.361 e. The summed E-state index contributed by atoms with van der Waals surface area (Å²) in [6.07, 6.45) is 0.694. The van der Waals surface area contributed by atoms with Gasteiger partial charge in [-0.25, -0.2) is 4.98 Å². The van der Waals surface area contributed by atoms with Crippen molar-refractivity contribution in [2.24, 2.45) is 0 Å². The van der Waals surface area contributed by atoms with E-state index >= 15 is 0 Å². The van der Waals surface area contributed by atoms with Gasteiger partial charge in [-0.1, -0.05) is 42.5 Å². The summed E-state index contributed by atoms with van der Waals surface area (Å²) in [5.41, 5.74) is 1.84. The molecule has 132 valence electrons. The van der Waals surface area contributed by atoms with Crippen LogP contribution in [0.15, 0.2) is 10.5 Å². The molecule has 24 heavy (non-hydrogen) atoms. The average Bonchev–Trinajstić information content (AvgIpc) is 2.80. The Morgan fingerprint density at radius 1 is 1.42 bits per heavy atom. The normalized spacial score (nSPS) is 12.1. The van der Waals surface area contributed by atoms with Gasteiger partial charge in [0.25, 0.3) is 0 Å². The van der Waals surface area contributed by atoms with Crippen molar-refractivity contribution < 1.29 is 9.66 Å². The Morgan fingerprint density at radius 2 is 2.08 bits per heavy atom. The lowest BCUT2D eigenvalue weighted by atomic mass is 10.2. The Labute approximate surface area is 151 Å². The molecule has 0 aliphatic heterocycles. The molecule has 0 amide bonds. The Kier molecular flexibility index (Phi) is 5.82. The van der Waals surface area contributed by atoms with E-state index in [-0.39, 0.29) is 10.6 Å². The molecule has 0 bridgehead atoms. The van der Waals surface area contributed by atoms with Crippen LogP contribution >= 0.6 is 15.9 Å². The monoisotopic (exact) mass is 413 g/mol. The lowest BCUT2D eigenvalue weighted by Crippen LogP contribution is -2.22. The van der Waals surface area contributed by atoms with Crippen LogP contribution in [0.25, 0.3) is 11.0 Å². The molecule has 0 spiro atoms. The number of hydrogen-bond donors (Lipinski definition) is 0. The van der Waals surface area contributed by atoms with E-state index < -0.39 is 8.07 Å². The summed E-state index contributed by atoms with van der Waals surface area (Å²) in [7, 11) is -1.14. The molecule has 6 nitrogen and oxygen atoms in total. The molecule has 0 saturated heterocycles. The molecule has 2 aromatic rings. The summed E-state index contributed by atoms with van der Waals surface area (Å²) in [4.78, 5) is 15.6. The van der Waals surface area contributed by atoms with Crippen molar-refractivity contribution >= 4 is 40.7 Å². The zero-order valence-electron chi connectivity index (χ0n) is 14.9. The van der Waals surface area contributed by atoms with Crippen molar-refractivity contribution in [2.45, 2.75) is 52.7 Å². The predicted octanol–water partition coefficient (Wildman–Crippen LogP) is 4.89. The zero-order valence-corrected chi connectivity index (χ0v) is 17.4. The highest BCUT2D eigenvalue weighted by Gasteiger charge is 2.24. The van der Waals surface area contributed by atoms with Gasteiger partial charge in [-0.05, 0) is 19.0 Å². The van der Waals surface area contributed by atoms with Crippen molar-refractivity contribution in [3.8, 4) is 0 Å². The summed E-state index contributed by atoms with van der Waals surface area (Å²) >= 11 is 3.43. The highest BCUT2D eigenvalue weighted by Crippen LogP contribution is 2.35. The Morgan fingerprint density at radius 3 is 2.62 bits per heavy atom. The number of imidazole rings is 1. The second-order valence-electron chi connectivity index (χ2n) is 7.11. The molecular weight excluding hydrogens is 390 g/mol. The number of rotatable bonds is 7. The van der Waals surface area contributed by atoms with Crippen LogP contribution in [0.5, 0.6) is 0 Å². The highest BCUT2D eigenvalue weighted by molar-refractivity contribution is 9.10. The van der Waals surface area contributed by atoms with Crippen LogP contribution in [-0.2, 0) is 17.9 Å². The van der Waals surface area contributed by atoms with E-state index in [1.165, 1.54) is 0 Å². The lowest BCUT2D eigenvalue weighted by Gasteiger charge is -2.16. The third-order valence-corrected chi connectivity index (χ3v) is 6.53. The van der Waals surface area contributed by atoms with E-state index in [0.717, 1.165) is 17.4 Å². The van der Waals surface area contributed by atoms with Crippen molar-refractivity contribution in [3.05, 3.63) is 32.0 Å². The molecule has 0 N–H and O–H groups in total. The van der Waals surface area contributed by atoms with Crippen LogP contribution < -0.4 is 0 Å². The van der Waals surface area contributed by atoms with Gasteiger partial charge in [0.1, 0.15) is 12.6 Å². The van der Waals surface area contributed by atoms with Gasteiger partial charge in [-0.15, -0.1) is 0 Å². The zero-order chi connectivity index (χ0) is 18.1. The number of fused-ring (bicyclic) bond motifs is 1. The van der Waals surface area contributed by atoms with Crippen molar-refractivity contribution in [1.29, 1.82) is 0 Å². The molecule has 0 saturated carbocycles. The van der Waals surface area contributed by atoms with E-state index in [4.69, 9.17) is 4.74 Å². The fraction of sp³-hybridized carbons (Fsp3) is 0.562. The first kappa shape index (κ1) is 19.1. The molecule has 1 aromatic heterocycles. The van der Waals surface area contributed by atoms with E-state index in [2.05, 4.69) is 40.6 Å². The first-order valence-electron chi connectivity index (χ1n) is 8.06. The van der Waals surface area contributed by atoms with Crippen LogP contribution in [-0.4, -0.2) is 29.2 Å². The topological polar surface area (TPSA) is 70.2 Å². The Hall–Kier alpha value is -1.25. The fourth-order valence-corrected chi connectivity index (χ4v) is 3.69. The molecule has 0 unspecified atom stereocenters. The third kappa shape index (κ3) is 4.04. The highest BCUT2D eigenvalue weighted by atomic mass is 79.9. The summed E-state index contributed by atoms with van der Waals surface area (Å²) in [6, 6.07) is 2.98. The number of nitrogens with zero attached hydrogens (tertiary/aromatic N) is 3. The van der Waals surface area contributed by atoms with Gasteiger partial charge in [0, 0.05) is 31.1 Å². The summed E-state index contributed by atoms with van der Waals surface area (Å²) in [5.74, 6) is 0.804. The fourth-order valence-electron chi connectivity index (χ4n) is 2.52. The summed E-state index contributed by atoms with van der Waals surface area (Å²) < 4.78 is 8.50. The van der Waals surface area contributed by atoms with Crippen molar-refractivity contribution in [2.75, 3.05) is 6.61 Å². The second kappa shape index (κ2) is 7.33. The number of halogens is 1. The van der Waals surface area contributed by atoms with E-state index in [9.17, 15) is 10.1 Å². The maximum atomic E-state index is 11.5. The van der Waals surface area contributed by atoms with E-state index in [1.54, 1.807) is 6.92 Å². The molecule has 8 heteroatoms. The maximum absolute atomic E-state index is 11.5. The maximum Gasteiger partial charge on any atom is 0.301 e. The first-order valence-corrected chi connectivity index (χ1v) is 12.6. The van der Waals surface area contributed by atoms with E-state index in [0.29, 0.717) is 35.3 Å². The number of hydrogen-bond acceptors (Lipinski definition) is 4. The van der Waals surface area contributed by atoms with Crippen LogP contribution in [0.2, 0.25) is 25.7 Å². The van der Waals surface area contributed by atoms with Crippen LogP contribution in [0.4, 0.5) is 5.69 Å². The second-order valence-corrected chi connectivity index (χ2v) is 13.6. The van der Waals surface area contributed by atoms with E-state index in [1.807, 2.05) is 17.6 Å². The number of aromatic nitrogens is 2. The molecule has 2 rings (SSSR count). The van der Waals surface area contributed by atoms with Gasteiger partial charge in [0.15, 0.2) is 5.52 Å². The number of aryl methyl sites for hydroxylation is 1. The minimum atomic E-state index is -1.14. The number of nitro groups is 1. The van der Waals surface area contributed by atoms with Crippen molar-refractivity contribution in [1.82, 2.24) is 9.55 Å². The van der Waals surface area contributed by atoms with Gasteiger partial charge in [0.05, 0.1) is 10.4 Å². The SMILES string of the molecule is CCc1nc2c([N+](=O)[O-])c(C)c(Br)cc2n1COCC[Si](C)(C)C. The number of benzene rings is 1. The third-order valence-electron chi connectivity index (χ3n) is 4.00.